The molecule has 4 nitrogen and oxygen atoms in total. The highest BCUT2D eigenvalue weighted by atomic mass is 19.4. The van der Waals surface area contributed by atoms with E-state index < -0.39 is 29.3 Å². The number of halogens is 5. The smallest absolute Gasteiger partial charge is 0.416 e. The van der Waals surface area contributed by atoms with Crippen LogP contribution in [0.15, 0.2) is 24.4 Å². The van der Waals surface area contributed by atoms with Crippen molar-refractivity contribution in [2.24, 2.45) is 0 Å². The van der Waals surface area contributed by atoms with Crippen LogP contribution in [0.3, 0.4) is 0 Å². The van der Waals surface area contributed by atoms with E-state index >= 15 is 0 Å². The number of benzene rings is 1. The molecule has 2 rings (SSSR count). The lowest BCUT2D eigenvalue weighted by Gasteiger charge is -2.14. The molecule has 9 heteroatoms. The van der Waals surface area contributed by atoms with E-state index in [2.05, 4.69) is 14.7 Å². The van der Waals surface area contributed by atoms with Crippen LogP contribution in [-0.2, 0) is 21.6 Å². The molecule has 1 aromatic heterocycles. The number of ether oxygens (including phenoxy) is 1. The van der Waals surface area contributed by atoms with Crippen molar-refractivity contribution < 1.29 is 31.5 Å². The molecule has 0 spiro atoms. The number of carbonyl (C=O) groups is 1. The van der Waals surface area contributed by atoms with Gasteiger partial charge in [0.05, 0.1) is 29.4 Å². The van der Waals surface area contributed by atoms with Gasteiger partial charge in [0.25, 0.3) is 0 Å². The number of esters is 1. The van der Waals surface area contributed by atoms with Crippen LogP contribution in [0.1, 0.15) is 18.2 Å². The van der Waals surface area contributed by atoms with Crippen molar-refractivity contribution in [1.82, 2.24) is 9.97 Å². The third kappa shape index (κ3) is 2.97. The molecule has 22 heavy (non-hydrogen) atoms. The highest BCUT2D eigenvalue weighted by Gasteiger charge is 2.44. The predicted molar refractivity (Wildman–Crippen MR) is 65.1 cm³/mol. The molecular formula is C13H9F5N2O2. The van der Waals surface area contributed by atoms with Crippen LogP contribution in [0.2, 0.25) is 0 Å². The van der Waals surface area contributed by atoms with Crippen molar-refractivity contribution >= 4 is 17.0 Å². The van der Waals surface area contributed by atoms with Gasteiger partial charge in [0.2, 0.25) is 0 Å². The first-order valence-electron chi connectivity index (χ1n) is 6.05. The van der Waals surface area contributed by atoms with Gasteiger partial charge in [-0.05, 0) is 25.1 Å². The molecular weight excluding hydrogens is 311 g/mol. The Hall–Kier alpha value is -2.32. The Kier molecular flexibility index (Phi) is 3.99. The van der Waals surface area contributed by atoms with Crippen LogP contribution >= 0.6 is 0 Å². The monoisotopic (exact) mass is 320 g/mol. The molecule has 0 bridgehead atoms. The standard InChI is InChI=1S/C13H9F5N2O2/c1-2-22-11(21)12(14,15)10-6-19-9-5-7(13(16,17)18)3-4-8(9)20-10/h3-6H,2H2,1H3. The average Bonchev–Trinajstić information content (AvgIpc) is 2.45. The van der Waals surface area contributed by atoms with Crippen molar-refractivity contribution in [1.29, 1.82) is 0 Å². The number of alkyl halides is 5. The van der Waals surface area contributed by atoms with Gasteiger partial charge in [-0.25, -0.2) is 9.78 Å². The second kappa shape index (κ2) is 5.47. The highest BCUT2D eigenvalue weighted by molar-refractivity contribution is 5.80. The molecule has 0 N–H and O–H groups in total. The number of hydrogen-bond acceptors (Lipinski definition) is 4. The minimum Gasteiger partial charge on any atom is -0.461 e. The Morgan fingerprint density at radius 1 is 1.18 bits per heavy atom. The van der Waals surface area contributed by atoms with E-state index in [0.29, 0.717) is 18.3 Å². The van der Waals surface area contributed by atoms with Gasteiger partial charge >= 0.3 is 18.1 Å². The number of nitrogens with zero attached hydrogens (tertiary/aromatic N) is 2. The molecule has 0 fully saturated rings. The minimum absolute atomic E-state index is 0.186. The zero-order valence-electron chi connectivity index (χ0n) is 11.1. The van der Waals surface area contributed by atoms with Gasteiger partial charge in [0, 0.05) is 0 Å². The molecule has 0 saturated carbocycles. The highest BCUT2D eigenvalue weighted by Crippen LogP contribution is 2.32. The van der Waals surface area contributed by atoms with E-state index in [-0.39, 0.29) is 17.6 Å². The van der Waals surface area contributed by atoms with Gasteiger partial charge < -0.3 is 4.74 Å². The van der Waals surface area contributed by atoms with Gasteiger partial charge in [0.1, 0.15) is 5.69 Å². The lowest BCUT2D eigenvalue weighted by atomic mass is 10.1. The second-order valence-electron chi connectivity index (χ2n) is 4.25. The second-order valence-corrected chi connectivity index (χ2v) is 4.25. The molecule has 1 heterocycles. The lowest BCUT2D eigenvalue weighted by Crippen LogP contribution is -2.29. The molecule has 0 aliphatic carbocycles. The fourth-order valence-electron chi connectivity index (χ4n) is 1.66. The molecule has 0 amide bonds. The molecule has 0 radical (unpaired) electrons. The van der Waals surface area contributed by atoms with Crippen LogP contribution in [0.4, 0.5) is 22.0 Å². The third-order valence-electron chi connectivity index (χ3n) is 2.72. The fraction of sp³-hybridized carbons (Fsp3) is 0.308. The molecule has 2 aromatic rings. The van der Waals surface area contributed by atoms with Gasteiger partial charge in [-0.2, -0.15) is 22.0 Å². The number of aromatic nitrogens is 2. The zero-order chi connectivity index (χ0) is 16.5. The minimum atomic E-state index is -4.58. The number of rotatable bonds is 3. The summed E-state index contributed by atoms with van der Waals surface area (Å²) in [5.74, 6) is -5.82. The molecule has 118 valence electrons. The van der Waals surface area contributed by atoms with E-state index in [4.69, 9.17) is 0 Å². The Bertz CT molecular complexity index is 715. The van der Waals surface area contributed by atoms with Crippen molar-refractivity contribution in [3.63, 3.8) is 0 Å². The van der Waals surface area contributed by atoms with Gasteiger partial charge in [0.15, 0.2) is 0 Å². The van der Waals surface area contributed by atoms with Gasteiger partial charge in [-0.3, -0.25) is 4.98 Å². The summed E-state index contributed by atoms with van der Waals surface area (Å²) in [4.78, 5) is 18.2. The van der Waals surface area contributed by atoms with E-state index in [1.165, 1.54) is 6.92 Å². The lowest BCUT2D eigenvalue weighted by molar-refractivity contribution is -0.173. The molecule has 0 aliphatic rings. The summed E-state index contributed by atoms with van der Waals surface area (Å²) in [5.41, 5.74) is -2.36. The maximum atomic E-state index is 13.8. The fourth-order valence-corrected chi connectivity index (χ4v) is 1.66. The van der Waals surface area contributed by atoms with Gasteiger partial charge in [-0.15, -0.1) is 0 Å². The Morgan fingerprint density at radius 3 is 2.45 bits per heavy atom. The third-order valence-corrected chi connectivity index (χ3v) is 2.72. The number of hydrogen-bond donors (Lipinski definition) is 0. The van der Waals surface area contributed by atoms with Crippen LogP contribution in [0, 0.1) is 0 Å². The normalized spacial score (nSPS) is 12.5. The average molecular weight is 320 g/mol. The van der Waals surface area contributed by atoms with E-state index in [1.54, 1.807) is 0 Å². The maximum Gasteiger partial charge on any atom is 0.416 e. The topological polar surface area (TPSA) is 52.1 Å². The number of fused-ring (bicyclic) bond motifs is 1. The Morgan fingerprint density at radius 2 is 1.86 bits per heavy atom. The van der Waals surface area contributed by atoms with E-state index in [0.717, 1.165) is 6.07 Å². The van der Waals surface area contributed by atoms with Gasteiger partial charge in [-0.1, -0.05) is 0 Å². The molecule has 1 aromatic carbocycles. The summed E-state index contributed by atoms with van der Waals surface area (Å²) in [5, 5.41) is 0. The number of carbonyl (C=O) groups excluding carboxylic acids is 1. The Labute approximate surface area is 120 Å². The van der Waals surface area contributed by atoms with Crippen molar-refractivity contribution in [2.75, 3.05) is 6.61 Å². The van der Waals surface area contributed by atoms with Crippen molar-refractivity contribution in [3.05, 3.63) is 35.7 Å². The Balaban J connectivity index is 2.46. The summed E-state index contributed by atoms with van der Waals surface area (Å²) in [6, 6.07) is 2.30. The maximum absolute atomic E-state index is 13.8. The SMILES string of the molecule is CCOC(=O)C(F)(F)c1cnc2cc(C(F)(F)F)ccc2n1. The van der Waals surface area contributed by atoms with Crippen LogP contribution in [-0.4, -0.2) is 22.5 Å². The molecule has 0 aliphatic heterocycles. The van der Waals surface area contributed by atoms with Crippen LogP contribution in [0.5, 0.6) is 0 Å². The van der Waals surface area contributed by atoms with Crippen LogP contribution in [0.25, 0.3) is 11.0 Å². The van der Waals surface area contributed by atoms with Crippen molar-refractivity contribution in [3.8, 4) is 0 Å². The summed E-state index contributed by atoms with van der Waals surface area (Å²) in [6.07, 6.45) is -4.02. The summed E-state index contributed by atoms with van der Waals surface area (Å²) in [6.45, 7) is 1.11. The van der Waals surface area contributed by atoms with Crippen LogP contribution < -0.4 is 0 Å². The molecule has 0 unspecified atom stereocenters. The molecule has 0 saturated heterocycles. The first-order chi connectivity index (χ1) is 10.2. The van der Waals surface area contributed by atoms with Crippen molar-refractivity contribution in [2.45, 2.75) is 19.0 Å². The van der Waals surface area contributed by atoms with E-state index in [1.807, 2.05) is 0 Å². The van der Waals surface area contributed by atoms with E-state index in [9.17, 15) is 26.7 Å². The predicted octanol–water partition coefficient (Wildman–Crippen LogP) is 3.30. The summed E-state index contributed by atoms with van der Waals surface area (Å²) >= 11 is 0. The first kappa shape index (κ1) is 16.1. The molecule has 0 atom stereocenters. The largest absolute Gasteiger partial charge is 0.461 e. The summed E-state index contributed by atoms with van der Waals surface area (Å²) < 4.78 is 69.4. The zero-order valence-corrected chi connectivity index (χ0v) is 11.1. The summed E-state index contributed by atoms with van der Waals surface area (Å²) in [7, 11) is 0. The first-order valence-corrected chi connectivity index (χ1v) is 6.05. The quantitative estimate of drug-likeness (QED) is 0.643.